The molecule has 1 fully saturated rings. The maximum absolute atomic E-state index is 12.1. The van der Waals surface area contributed by atoms with E-state index in [0.717, 1.165) is 12.8 Å². The summed E-state index contributed by atoms with van der Waals surface area (Å²) in [6.07, 6.45) is 1.69. The molecule has 5 heteroatoms. The molecule has 0 spiro atoms. The highest BCUT2D eigenvalue weighted by molar-refractivity contribution is 6.21. The summed E-state index contributed by atoms with van der Waals surface area (Å²) >= 11 is 0. The van der Waals surface area contributed by atoms with E-state index in [4.69, 9.17) is 4.74 Å². The predicted octanol–water partition coefficient (Wildman–Crippen LogP) is 1.62. The Hall–Kier alpha value is -1.72. The number of hydrogen-bond donors (Lipinski definition) is 1. The number of amides is 2. The monoisotopic (exact) mass is 248 g/mol. The molecular formula is C13H16N2O3. The summed E-state index contributed by atoms with van der Waals surface area (Å²) in [6.45, 7) is 0. The summed E-state index contributed by atoms with van der Waals surface area (Å²) in [5.74, 6) is -0.324. The summed E-state index contributed by atoms with van der Waals surface area (Å²) in [5.41, 5.74) is 1.05. The zero-order chi connectivity index (χ0) is 12.0. The normalized spacial score (nSPS) is 25.5. The molecule has 18 heavy (non-hydrogen) atoms. The average molecular weight is 248 g/mol. The van der Waals surface area contributed by atoms with Crippen molar-refractivity contribution in [2.45, 2.75) is 25.0 Å². The number of carbonyl (C=O) groups excluding carboxylic acids is 2. The van der Waals surface area contributed by atoms with Gasteiger partial charge in [0.1, 0.15) is 0 Å². The molecule has 1 saturated carbocycles. The summed E-state index contributed by atoms with van der Waals surface area (Å²) in [7, 11) is 1.66. The molecule has 1 heterocycles. The lowest BCUT2D eigenvalue weighted by Crippen LogP contribution is -2.50. The third kappa shape index (κ3) is 1.63. The van der Waals surface area contributed by atoms with Gasteiger partial charge >= 0.3 is 0 Å². The van der Waals surface area contributed by atoms with E-state index in [1.54, 1.807) is 31.4 Å². The van der Waals surface area contributed by atoms with Gasteiger partial charge in [-0.15, -0.1) is 0 Å². The zero-order valence-electron chi connectivity index (χ0n) is 10.3. The first-order valence-corrected chi connectivity index (χ1v) is 5.72. The molecular weight excluding hydrogens is 232 g/mol. The second kappa shape index (κ2) is 4.51. The zero-order valence-corrected chi connectivity index (χ0v) is 10.3. The number of carbonyl (C=O) groups is 2. The summed E-state index contributed by atoms with van der Waals surface area (Å²) < 4.78 is 5.17. The van der Waals surface area contributed by atoms with Crippen molar-refractivity contribution in [2.75, 3.05) is 7.11 Å². The molecule has 0 atom stereocenters. The van der Waals surface area contributed by atoms with Crippen LogP contribution in [0, 0.1) is 0 Å². The van der Waals surface area contributed by atoms with E-state index in [0.29, 0.717) is 11.1 Å². The van der Waals surface area contributed by atoms with E-state index >= 15 is 0 Å². The molecule has 0 saturated heterocycles. The van der Waals surface area contributed by atoms with Gasteiger partial charge in [0, 0.05) is 13.2 Å². The fraction of sp³-hybridized carbons (Fsp3) is 0.385. The molecule has 3 N–H and O–H groups in total. The van der Waals surface area contributed by atoms with Crippen molar-refractivity contribution in [1.29, 1.82) is 0 Å². The quantitative estimate of drug-likeness (QED) is 0.806. The fourth-order valence-electron chi connectivity index (χ4n) is 2.48. The number of methoxy groups -OCH3 is 1. The van der Waals surface area contributed by atoms with Crippen LogP contribution in [0.4, 0.5) is 0 Å². The SMILES string of the molecule is COC1CC(N2C(=O)c3ccccc3C2=O)C1.N. The summed E-state index contributed by atoms with van der Waals surface area (Å²) in [6, 6.07) is 7.00. The van der Waals surface area contributed by atoms with Crippen molar-refractivity contribution >= 4 is 11.8 Å². The van der Waals surface area contributed by atoms with Crippen molar-refractivity contribution in [3.8, 4) is 0 Å². The van der Waals surface area contributed by atoms with Crippen LogP contribution in [0.15, 0.2) is 24.3 Å². The standard InChI is InChI=1S/C13H13NO3.H3N/c1-17-9-6-8(7-9)14-12(15)10-4-2-3-5-11(10)13(14)16;/h2-5,8-9H,6-7H2,1H3;1H3. The molecule has 0 aromatic heterocycles. The third-order valence-corrected chi connectivity index (χ3v) is 3.59. The first kappa shape index (κ1) is 12.7. The molecule has 0 radical (unpaired) electrons. The van der Waals surface area contributed by atoms with Crippen LogP contribution in [-0.4, -0.2) is 36.0 Å². The number of rotatable bonds is 2. The van der Waals surface area contributed by atoms with E-state index in [-0.39, 0.29) is 30.1 Å². The second-order valence-corrected chi connectivity index (χ2v) is 4.51. The highest BCUT2D eigenvalue weighted by Crippen LogP contribution is 2.34. The van der Waals surface area contributed by atoms with Crippen LogP contribution in [-0.2, 0) is 4.74 Å². The lowest BCUT2D eigenvalue weighted by atomic mass is 9.88. The van der Waals surface area contributed by atoms with Crippen molar-refractivity contribution in [3.05, 3.63) is 35.4 Å². The van der Waals surface area contributed by atoms with Gasteiger partial charge in [-0.1, -0.05) is 12.1 Å². The third-order valence-electron chi connectivity index (χ3n) is 3.59. The van der Waals surface area contributed by atoms with Crippen molar-refractivity contribution < 1.29 is 14.3 Å². The molecule has 0 bridgehead atoms. The van der Waals surface area contributed by atoms with Crippen molar-refractivity contribution in [1.82, 2.24) is 11.1 Å². The number of hydrogen-bond acceptors (Lipinski definition) is 4. The Kier molecular flexibility index (Phi) is 3.19. The van der Waals surface area contributed by atoms with E-state index < -0.39 is 0 Å². The van der Waals surface area contributed by atoms with Gasteiger partial charge in [0.2, 0.25) is 0 Å². The number of ether oxygens (including phenoxy) is 1. The van der Waals surface area contributed by atoms with Crippen LogP contribution in [0.2, 0.25) is 0 Å². The van der Waals surface area contributed by atoms with Gasteiger partial charge in [0.05, 0.1) is 17.2 Å². The Morgan fingerprint density at radius 1 is 1.11 bits per heavy atom. The van der Waals surface area contributed by atoms with E-state index in [9.17, 15) is 9.59 Å². The minimum Gasteiger partial charge on any atom is -0.381 e. The fourth-order valence-corrected chi connectivity index (χ4v) is 2.48. The molecule has 2 amide bonds. The van der Waals surface area contributed by atoms with Crippen LogP contribution in [0.3, 0.4) is 0 Å². The predicted molar refractivity (Wildman–Crippen MR) is 65.8 cm³/mol. The highest BCUT2D eigenvalue weighted by Gasteiger charge is 2.44. The molecule has 1 aromatic rings. The van der Waals surface area contributed by atoms with Gasteiger partial charge in [-0.25, -0.2) is 0 Å². The molecule has 1 aliphatic carbocycles. The molecule has 96 valence electrons. The van der Waals surface area contributed by atoms with Crippen molar-refractivity contribution in [2.24, 2.45) is 0 Å². The number of benzene rings is 1. The van der Waals surface area contributed by atoms with Crippen LogP contribution in [0.25, 0.3) is 0 Å². The van der Waals surface area contributed by atoms with Gasteiger partial charge in [-0.2, -0.15) is 0 Å². The summed E-state index contributed by atoms with van der Waals surface area (Å²) in [4.78, 5) is 25.6. The van der Waals surface area contributed by atoms with E-state index in [2.05, 4.69) is 0 Å². The first-order valence-electron chi connectivity index (χ1n) is 5.72. The smallest absolute Gasteiger partial charge is 0.261 e. The van der Waals surface area contributed by atoms with Gasteiger partial charge in [-0.3, -0.25) is 14.5 Å². The Bertz CT molecular complexity index is 460. The molecule has 2 aliphatic rings. The largest absolute Gasteiger partial charge is 0.381 e. The van der Waals surface area contributed by atoms with E-state index in [1.165, 1.54) is 4.90 Å². The van der Waals surface area contributed by atoms with Crippen molar-refractivity contribution in [3.63, 3.8) is 0 Å². The maximum Gasteiger partial charge on any atom is 0.261 e. The molecule has 0 unspecified atom stereocenters. The van der Waals surface area contributed by atoms with Gasteiger partial charge in [-0.05, 0) is 25.0 Å². The Morgan fingerprint density at radius 2 is 1.61 bits per heavy atom. The lowest BCUT2D eigenvalue weighted by Gasteiger charge is -2.38. The molecule has 3 rings (SSSR count). The maximum atomic E-state index is 12.1. The van der Waals surface area contributed by atoms with Gasteiger partial charge in [0.25, 0.3) is 11.8 Å². The Labute approximate surface area is 105 Å². The molecule has 1 aliphatic heterocycles. The Balaban J connectivity index is 0.00000120. The minimum absolute atomic E-state index is 0. The van der Waals surface area contributed by atoms with E-state index in [1.807, 2.05) is 0 Å². The lowest BCUT2D eigenvalue weighted by molar-refractivity contribution is -0.0142. The topological polar surface area (TPSA) is 81.6 Å². The summed E-state index contributed by atoms with van der Waals surface area (Å²) in [5, 5.41) is 0. The number of nitrogens with zero attached hydrogens (tertiary/aromatic N) is 1. The first-order chi connectivity index (χ1) is 8.22. The average Bonchev–Trinajstić information content (AvgIpc) is 2.54. The molecule has 1 aromatic carbocycles. The number of imide groups is 1. The number of fused-ring (bicyclic) bond motifs is 1. The van der Waals surface area contributed by atoms with Gasteiger partial charge in [0.15, 0.2) is 0 Å². The van der Waals surface area contributed by atoms with Crippen LogP contribution >= 0.6 is 0 Å². The van der Waals surface area contributed by atoms with Crippen LogP contribution in [0.5, 0.6) is 0 Å². The second-order valence-electron chi connectivity index (χ2n) is 4.51. The van der Waals surface area contributed by atoms with Gasteiger partial charge < -0.3 is 10.9 Å². The van der Waals surface area contributed by atoms with Crippen LogP contribution in [0.1, 0.15) is 33.6 Å². The van der Waals surface area contributed by atoms with Crippen LogP contribution < -0.4 is 6.15 Å². The molecule has 5 nitrogen and oxygen atoms in total. The minimum atomic E-state index is -0.162. The highest BCUT2D eigenvalue weighted by atomic mass is 16.5. The Morgan fingerprint density at radius 3 is 2.06 bits per heavy atom.